The van der Waals surface area contributed by atoms with Gasteiger partial charge in [-0.15, -0.1) is 0 Å². The molecule has 0 saturated heterocycles. The van der Waals surface area contributed by atoms with Crippen LogP contribution < -0.4 is 15.2 Å². The highest BCUT2D eigenvalue weighted by atomic mass is 16.5. The number of rotatable bonds is 8. The molecule has 0 amide bonds. The zero-order valence-corrected chi connectivity index (χ0v) is 13.4. The topological polar surface area (TPSA) is 44.5 Å². The van der Waals surface area contributed by atoms with Gasteiger partial charge in [0, 0.05) is 0 Å². The van der Waals surface area contributed by atoms with Gasteiger partial charge in [0.2, 0.25) is 0 Å². The van der Waals surface area contributed by atoms with Crippen LogP contribution in [0.4, 0.5) is 0 Å². The number of hydrogen-bond donors (Lipinski definition) is 1. The van der Waals surface area contributed by atoms with E-state index < -0.39 is 0 Å². The Hall–Kier alpha value is -1.22. The predicted molar refractivity (Wildman–Crippen MR) is 86.8 cm³/mol. The number of benzene rings is 1. The minimum absolute atomic E-state index is 0.293. The van der Waals surface area contributed by atoms with Crippen molar-refractivity contribution in [3.8, 4) is 11.5 Å². The van der Waals surface area contributed by atoms with E-state index in [9.17, 15) is 0 Å². The molecule has 118 valence electrons. The first-order valence-electron chi connectivity index (χ1n) is 8.27. The van der Waals surface area contributed by atoms with Crippen molar-refractivity contribution in [2.75, 3.05) is 19.8 Å². The van der Waals surface area contributed by atoms with E-state index in [0.29, 0.717) is 12.0 Å². The third-order valence-corrected chi connectivity index (χ3v) is 4.85. The van der Waals surface area contributed by atoms with Gasteiger partial charge in [-0.05, 0) is 62.6 Å². The van der Waals surface area contributed by atoms with Gasteiger partial charge in [0.15, 0.2) is 11.5 Å². The zero-order valence-electron chi connectivity index (χ0n) is 13.4. The summed E-state index contributed by atoms with van der Waals surface area (Å²) in [6, 6.07) is 7.89. The summed E-state index contributed by atoms with van der Waals surface area (Å²) in [5.74, 6) is 2.53. The first-order valence-corrected chi connectivity index (χ1v) is 8.27. The molecule has 2 N–H and O–H groups in total. The van der Waals surface area contributed by atoms with E-state index in [2.05, 4.69) is 6.92 Å². The van der Waals surface area contributed by atoms with Crippen LogP contribution >= 0.6 is 0 Å². The second-order valence-electron chi connectivity index (χ2n) is 6.20. The molecule has 0 bridgehead atoms. The van der Waals surface area contributed by atoms with Gasteiger partial charge in [-0.2, -0.15) is 0 Å². The Morgan fingerprint density at radius 1 is 1.19 bits per heavy atom. The molecule has 0 heterocycles. The summed E-state index contributed by atoms with van der Waals surface area (Å²) in [4.78, 5) is 0. The average molecular weight is 291 g/mol. The van der Waals surface area contributed by atoms with Crippen molar-refractivity contribution in [2.24, 2.45) is 17.1 Å². The quantitative estimate of drug-likeness (QED) is 0.787. The van der Waals surface area contributed by atoms with Crippen molar-refractivity contribution in [3.05, 3.63) is 24.3 Å². The van der Waals surface area contributed by atoms with Gasteiger partial charge >= 0.3 is 0 Å². The molecule has 1 aromatic rings. The molecule has 1 fully saturated rings. The van der Waals surface area contributed by atoms with Crippen molar-refractivity contribution in [1.29, 1.82) is 0 Å². The van der Waals surface area contributed by atoms with Crippen molar-refractivity contribution in [2.45, 2.75) is 46.0 Å². The van der Waals surface area contributed by atoms with Crippen LogP contribution in [0.2, 0.25) is 0 Å². The third kappa shape index (κ3) is 4.13. The average Bonchev–Trinajstić information content (AvgIpc) is 2.93. The van der Waals surface area contributed by atoms with Crippen molar-refractivity contribution < 1.29 is 9.47 Å². The summed E-state index contributed by atoms with van der Waals surface area (Å²) < 4.78 is 11.6. The van der Waals surface area contributed by atoms with Crippen LogP contribution in [0.25, 0.3) is 0 Å². The van der Waals surface area contributed by atoms with Crippen LogP contribution in [-0.4, -0.2) is 19.8 Å². The molecule has 0 aromatic heterocycles. The summed E-state index contributed by atoms with van der Waals surface area (Å²) in [7, 11) is 0. The maximum absolute atomic E-state index is 6.06. The molecule has 0 aliphatic heterocycles. The summed E-state index contributed by atoms with van der Waals surface area (Å²) in [5.41, 5.74) is 6.36. The molecular formula is C18H29NO2. The van der Waals surface area contributed by atoms with Crippen molar-refractivity contribution in [1.82, 2.24) is 0 Å². The first-order chi connectivity index (χ1) is 10.2. The van der Waals surface area contributed by atoms with Gasteiger partial charge in [0.05, 0.1) is 13.2 Å². The number of hydrogen-bond acceptors (Lipinski definition) is 3. The van der Waals surface area contributed by atoms with E-state index in [0.717, 1.165) is 37.0 Å². The Morgan fingerprint density at radius 3 is 2.48 bits per heavy atom. The second-order valence-corrected chi connectivity index (χ2v) is 6.20. The Balaban J connectivity index is 1.89. The molecule has 1 aromatic carbocycles. The standard InChI is InChI=1S/C18H29NO2/c1-3-15-9-10-18(13-15,14-19)11-12-21-17-8-6-5-7-16(17)20-4-2/h5-8,15H,3-4,9-14,19H2,1-2H3. The molecule has 3 heteroatoms. The Bertz CT molecular complexity index is 435. The van der Waals surface area contributed by atoms with E-state index in [1.807, 2.05) is 31.2 Å². The summed E-state index contributed by atoms with van der Waals surface area (Å²) >= 11 is 0. The van der Waals surface area contributed by atoms with Gasteiger partial charge in [-0.25, -0.2) is 0 Å². The van der Waals surface area contributed by atoms with Gasteiger partial charge in [0.25, 0.3) is 0 Å². The second kappa shape index (κ2) is 7.69. The highest BCUT2D eigenvalue weighted by molar-refractivity contribution is 5.39. The lowest BCUT2D eigenvalue weighted by Crippen LogP contribution is -2.30. The van der Waals surface area contributed by atoms with Crippen LogP contribution in [-0.2, 0) is 0 Å². The maximum Gasteiger partial charge on any atom is 0.161 e. The van der Waals surface area contributed by atoms with Crippen LogP contribution in [0.5, 0.6) is 11.5 Å². The molecule has 0 spiro atoms. The fourth-order valence-corrected chi connectivity index (χ4v) is 3.41. The first kappa shape index (κ1) is 16.2. The van der Waals surface area contributed by atoms with Crippen LogP contribution in [0.15, 0.2) is 24.3 Å². The monoisotopic (exact) mass is 291 g/mol. The van der Waals surface area contributed by atoms with Gasteiger partial charge in [-0.3, -0.25) is 0 Å². The highest BCUT2D eigenvalue weighted by Crippen LogP contribution is 2.45. The SMILES string of the molecule is CCOc1ccccc1OCCC1(CN)CCC(CC)C1. The summed E-state index contributed by atoms with van der Waals surface area (Å²) in [6.07, 6.45) is 6.15. The molecule has 3 nitrogen and oxygen atoms in total. The number of para-hydroxylation sites is 2. The maximum atomic E-state index is 6.06. The van der Waals surface area contributed by atoms with Gasteiger partial charge in [0.1, 0.15) is 0 Å². The molecule has 1 aliphatic rings. The smallest absolute Gasteiger partial charge is 0.161 e. The fourth-order valence-electron chi connectivity index (χ4n) is 3.41. The molecule has 0 radical (unpaired) electrons. The normalized spacial score (nSPS) is 25.0. The fraction of sp³-hybridized carbons (Fsp3) is 0.667. The number of nitrogens with two attached hydrogens (primary N) is 1. The molecule has 2 rings (SSSR count). The van der Waals surface area contributed by atoms with Crippen molar-refractivity contribution >= 4 is 0 Å². The largest absolute Gasteiger partial charge is 0.490 e. The Kier molecular flexibility index (Phi) is 5.92. The predicted octanol–water partition coefficient (Wildman–Crippen LogP) is 4.01. The lowest BCUT2D eigenvalue weighted by molar-refractivity contribution is 0.192. The van der Waals surface area contributed by atoms with Gasteiger partial charge < -0.3 is 15.2 Å². The van der Waals surface area contributed by atoms with Gasteiger partial charge in [-0.1, -0.05) is 25.5 Å². The molecular weight excluding hydrogens is 262 g/mol. The zero-order chi connectivity index (χ0) is 15.1. The Morgan fingerprint density at radius 2 is 1.90 bits per heavy atom. The van der Waals surface area contributed by atoms with Crippen LogP contribution in [0.3, 0.4) is 0 Å². The lowest BCUT2D eigenvalue weighted by Gasteiger charge is -2.28. The van der Waals surface area contributed by atoms with Crippen LogP contribution in [0.1, 0.15) is 46.0 Å². The van der Waals surface area contributed by atoms with E-state index in [-0.39, 0.29) is 0 Å². The Labute approximate surface area is 128 Å². The summed E-state index contributed by atoms with van der Waals surface area (Å²) in [5, 5.41) is 0. The molecule has 21 heavy (non-hydrogen) atoms. The molecule has 2 atom stereocenters. The third-order valence-electron chi connectivity index (χ3n) is 4.85. The van der Waals surface area contributed by atoms with E-state index in [1.54, 1.807) is 0 Å². The number of ether oxygens (including phenoxy) is 2. The molecule has 2 unspecified atom stereocenters. The molecule has 1 saturated carbocycles. The minimum atomic E-state index is 0.293. The van der Waals surface area contributed by atoms with E-state index in [1.165, 1.54) is 25.7 Å². The van der Waals surface area contributed by atoms with Crippen molar-refractivity contribution in [3.63, 3.8) is 0 Å². The van der Waals surface area contributed by atoms with Crippen LogP contribution in [0, 0.1) is 11.3 Å². The lowest BCUT2D eigenvalue weighted by atomic mass is 9.82. The summed E-state index contributed by atoms with van der Waals surface area (Å²) in [6.45, 7) is 6.43. The highest BCUT2D eigenvalue weighted by Gasteiger charge is 2.37. The van der Waals surface area contributed by atoms with E-state index in [4.69, 9.17) is 15.2 Å². The minimum Gasteiger partial charge on any atom is -0.490 e. The molecule has 1 aliphatic carbocycles. The van der Waals surface area contributed by atoms with E-state index >= 15 is 0 Å².